The fourth-order valence-electron chi connectivity index (χ4n) is 4.60. The maximum atomic E-state index is 13.1. The first kappa shape index (κ1) is 28.3. The van der Waals surface area contributed by atoms with Gasteiger partial charge < -0.3 is 18.8 Å². The molecule has 2 aromatic heterocycles. The number of carbonyl (C=O) groups excluding carboxylic acids is 2. The molecule has 0 fully saturated rings. The lowest BCUT2D eigenvalue weighted by Crippen LogP contribution is -2.36. The van der Waals surface area contributed by atoms with Crippen LogP contribution in [0.4, 0.5) is 4.79 Å². The Balaban J connectivity index is 1.58. The molecule has 0 aliphatic carbocycles. The van der Waals surface area contributed by atoms with Gasteiger partial charge in [0.05, 0.1) is 6.61 Å². The smallest absolute Gasteiger partial charge is 0.413 e. The number of nitrogens with one attached hydrogen (secondary N) is 2. The van der Waals surface area contributed by atoms with Crippen LogP contribution in [0.25, 0.3) is 21.7 Å². The molecule has 0 saturated heterocycles. The molecule has 1 amide bonds. The third kappa shape index (κ3) is 6.38. The Morgan fingerprint density at radius 3 is 2.45 bits per heavy atom. The van der Waals surface area contributed by atoms with E-state index in [2.05, 4.69) is 15.3 Å². The summed E-state index contributed by atoms with van der Waals surface area (Å²) >= 11 is 0. The molecule has 5 rings (SSSR count). The third-order valence-electron chi connectivity index (χ3n) is 6.30. The van der Waals surface area contributed by atoms with Gasteiger partial charge >= 0.3 is 18.1 Å². The van der Waals surface area contributed by atoms with Crippen molar-refractivity contribution in [1.29, 1.82) is 5.41 Å². The molecule has 0 saturated carbocycles. The summed E-state index contributed by atoms with van der Waals surface area (Å²) < 4.78 is 18.5. The summed E-state index contributed by atoms with van der Waals surface area (Å²) in [5.41, 5.74) is 1.68. The number of alkyl carbamates (subject to hydrolysis) is 1. The van der Waals surface area contributed by atoms with E-state index in [9.17, 15) is 9.59 Å². The van der Waals surface area contributed by atoms with Gasteiger partial charge in [0.2, 0.25) is 0 Å². The van der Waals surface area contributed by atoms with Gasteiger partial charge in [0, 0.05) is 35.4 Å². The summed E-state index contributed by atoms with van der Waals surface area (Å²) in [5, 5.41) is 13.7. The Bertz CT molecular complexity index is 1790. The van der Waals surface area contributed by atoms with Gasteiger partial charge in [-0.25, -0.2) is 19.6 Å². The van der Waals surface area contributed by atoms with E-state index in [1.54, 1.807) is 70.4 Å². The minimum absolute atomic E-state index is 0.125. The highest BCUT2D eigenvalue weighted by Crippen LogP contribution is 2.31. The van der Waals surface area contributed by atoms with Crippen LogP contribution in [0.1, 0.15) is 49.3 Å². The molecule has 3 aromatic carbocycles. The van der Waals surface area contributed by atoms with Crippen LogP contribution >= 0.6 is 0 Å². The standard InChI is InChI=1S/C32H31N5O5/c1-5-40-29(38)27-17-21-11-12-22(28(33)36-31(39)42-32(2,3)4)18-26(21)37(27)19-23-16-24(41-30-34-13-8-14-35-30)15-20-9-6-7-10-25(20)23/h6-18H,5,19H2,1-4H3,(H2,33,36,39). The SMILES string of the molecule is CCOC(=O)c1cc2ccc(C(=N)NC(=O)OC(C)(C)C)cc2n1Cc1cc(Oc2ncccn2)cc2ccccc12. The summed E-state index contributed by atoms with van der Waals surface area (Å²) in [5.74, 6) is -0.0417. The molecule has 42 heavy (non-hydrogen) atoms. The molecular formula is C32H31N5O5. The van der Waals surface area contributed by atoms with Gasteiger partial charge in [-0.2, -0.15) is 0 Å². The van der Waals surface area contributed by atoms with Crippen LogP contribution in [0.15, 0.2) is 79.1 Å². The second kappa shape index (κ2) is 11.7. The van der Waals surface area contributed by atoms with Gasteiger partial charge in [-0.15, -0.1) is 0 Å². The molecular weight excluding hydrogens is 534 g/mol. The predicted molar refractivity (Wildman–Crippen MR) is 159 cm³/mol. The number of benzene rings is 3. The van der Waals surface area contributed by atoms with Gasteiger partial charge in [0.25, 0.3) is 0 Å². The Kier molecular flexibility index (Phi) is 7.88. The molecule has 5 aromatic rings. The molecule has 2 heterocycles. The Morgan fingerprint density at radius 1 is 0.952 bits per heavy atom. The first-order valence-corrected chi connectivity index (χ1v) is 13.5. The number of nitrogens with zero attached hydrogens (tertiary/aromatic N) is 3. The van der Waals surface area contributed by atoms with Crippen molar-refractivity contribution in [3.63, 3.8) is 0 Å². The number of fused-ring (bicyclic) bond motifs is 2. The third-order valence-corrected chi connectivity index (χ3v) is 6.30. The summed E-state index contributed by atoms with van der Waals surface area (Å²) in [4.78, 5) is 33.7. The van der Waals surface area contributed by atoms with E-state index in [-0.39, 0.29) is 18.5 Å². The van der Waals surface area contributed by atoms with Crippen LogP contribution in [-0.2, 0) is 16.0 Å². The largest absolute Gasteiger partial charge is 0.461 e. The minimum atomic E-state index is -0.721. The molecule has 2 N–H and O–H groups in total. The van der Waals surface area contributed by atoms with Crippen molar-refractivity contribution in [2.75, 3.05) is 6.61 Å². The molecule has 0 unspecified atom stereocenters. The molecule has 0 aliphatic rings. The topological polar surface area (TPSA) is 128 Å². The van der Waals surface area contributed by atoms with E-state index in [1.807, 2.05) is 41.0 Å². The normalized spacial score (nSPS) is 11.3. The zero-order valence-corrected chi connectivity index (χ0v) is 23.8. The van der Waals surface area contributed by atoms with Gasteiger partial charge in [-0.05, 0) is 74.4 Å². The van der Waals surface area contributed by atoms with Crippen molar-refractivity contribution in [3.05, 3.63) is 95.9 Å². The zero-order chi connectivity index (χ0) is 29.9. The summed E-state index contributed by atoms with van der Waals surface area (Å²) in [6, 6.07) is 20.7. The fourth-order valence-corrected chi connectivity index (χ4v) is 4.60. The summed E-state index contributed by atoms with van der Waals surface area (Å²) in [7, 11) is 0. The maximum Gasteiger partial charge on any atom is 0.413 e. The number of amidine groups is 1. The second-order valence-electron chi connectivity index (χ2n) is 10.5. The van der Waals surface area contributed by atoms with Gasteiger partial charge in [-0.1, -0.05) is 36.4 Å². The molecule has 0 bridgehead atoms. The molecule has 0 aliphatic heterocycles. The number of amides is 1. The molecule has 0 spiro atoms. The lowest BCUT2D eigenvalue weighted by molar-refractivity contribution is 0.0513. The fraction of sp³-hybridized carbons (Fsp3) is 0.219. The summed E-state index contributed by atoms with van der Waals surface area (Å²) in [6.45, 7) is 7.53. The highest BCUT2D eigenvalue weighted by Gasteiger charge is 2.21. The quantitative estimate of drug-likeness (QED) is 0.132. The second-order valence-corrected chi connectivity index (χ2v) is 10.5. The average Bonchev–Trinajstić information content (AvgIpc) is 3.30. The zero-order valence-electron chi connectivity index (χ0n) is 23.8. The van der Waals surface area contributed by atoms with Crippen LogP contribution in [-0.4, -0.2) is 44.6 Å². The van der Waals surface area contributed by atoms with E-state index >= 15 is 0 Å². The van der Waals surface area contributed by atoms with Crippen molar-refractivity contribution in [2.24, 2.45) is 0 Å². The number of rotatable bonds is 7. The predicted octanol–water partition coefficient (Wildman–Crippen LogP) is 6.45. The van der Waals surface area contributed by atoms with E-state index in [4.69, 9.17) is 19.6 Å². The van der Waals surface area contributed by atoms with Crippen LogP contribution in [0.2, 0.25) is 0 Å². The van der Waals surface area contributed by atoms with Gasteiger partial charge in [-0.3, -0.25) is 10.7 Å². The lowest BCUT2D eigenvalue weighted by atomic mass is 10.0. The number of hydrogen-bond donors (Lipinski definition) is 2. The number of esters is 1. The highest BCUT2D eigenvalue weighted by atomic mass is 16.6. The number of aromatic nitrogens is 3. The van der Waals surface area contributed by atoms with Crippen LogP contribution in [0.5, 0.6) is 11.8 Å². The molecule has 0 radical (unpaired) electrons. The van der Waals surface area contributed by atoms with Crippen molar-refractivity contribution in [3.8, 4) is 11.8 Å². The van der Waals surface area contributed by atoms with Crippen LogP contribution in [0.3, 0.4) is 0 Å². The van der Waals surface area contributed by atoms with Crippen molar-refractivity contribution < 1.29 is 23.8 Å². The molecule has 10 heteroatoms. The monoisotopic (exact) mass is 565 g/mol. The van der Waals surface area contributed by atoms with Crippen molar-refractivity contribution in [1.82, 2.24) is 19.9 Å². The summed E-state index contributed by atoms with van der Waals surface area (Å²) in [6.07, 6.45) is 2.49. The van der Waals surface area contributed by atoms with Crippen molar-refractivity contribution >= 4 is 39.6 Å². The minimum Gasteiger partial charge on any atom is -0.461 e. The number of ether oxygens (including phenoxy) is 3. The molecule has 10 nitrogen and oxygen atoms in total. The highest BCUT2D eigenvalue weighted by molar-refractivity contribution is 6.07. The van der Waals surface area contributed by atoms with Crippen molar-refractivity contribution in [2.45, 2.75) is 39.8 Å². The van der Waals surface area contributed by atoms with E-state index in [0.29, 0.717) is 29.1 Å². The van der Waals surface area contributed by atoms with E-state index in [0.717, 1.165) is 21.7 Å². The number of carbonyl (C=O) groups is 2. The molecule has 0 atom stereocenters. The first-order valence-electron chi connectivity index (χ1n) is 13.5. The average molecular weight is 566 g/mol. The van der Waals surface area contributed by atoms with E-state index in [1.165, 1.54) is 0 Å². The molecule has 214 valence electrons. The first-order chi connectivity index (χ1) is 20.1. The van der Waals surface area contributed by atoms with E-state index < -0.39 is 17.7 Å². The lowest BCUT2D eigenvalue weighted by Gasteiger charge is -2.20. The van der Waals surface area contributed by atoms with Gasteiger partial charge in [0.1, 0.15) is 22.9 Å². The maximum absolute atomic E-state index is 13.1. The van der Waals surface area contributed by atoms with Crippen LogP contribution < -0.4 is 10.1 Å². The van der Waals surface area contributed by atoms with Crippen LogP contribution in [0, 0.1) is 5.41 Å². The Morgan fingerprint density at radius 2 is 1.71 bits per heavy atom. The number of hydrogen-bond acceptors (Lipinski definition) is 8. The Labute approximate surface area is 242 Å². The Hall–Kier alpha value is -5.25. The van der Waals surface area contributed by atoms with Gasteiger partial charge in [0.15, 0.2) is 0 Å².